The summed E-state index contributed by atoms with van der Waals surface area (Å²) in [6, 6.07) is 5.72. The lowest BCUT2D eigenvalue weighted by atomic mass is 10.1. The van der Waals surface area contributed by atoms with Crippen LogP contribution in [0.15, 0.2) is 53.5 Å². The Kier molecular flexibility index (Phi) is 11.1. The van der Waals surface area contributed by atoms with Gasteiger partial charge in [-0.05, 0) is 61.2 Å². The number of carboxylic acid groups (broad SMARTS) is 1. The smallest absolute Gasteiger partial charge is 0.416 e. The highest BCUT2D eigenvalue weighted by Crippen LogP contribution is 2.29. The van der Waals surface area contributed by atoms with E-state index in [0.29, 0.717) is 4.57 Å². The van der Waals surface area contributed by atoms with Crippen molar-refractivity contribution in [2.24, 2.45) is 0 Å². The van der Waals surface area contributed by atoms with Gasteiger partial charge < -0.3 is 29.9 Å². The number of pyridine rings is 1. The van der Waals surface area contributed by atoms with Gasteiger partial charge in [0.05, 0.1) is 17.8 Å². The summed E-state index contributed by atoms with van der Waals surface area (Å²) in [5.74, 6) is -2.09. The monoisotopic (exact) mass is 637 g/mol. The van der Waals surface area contributed by atoms with Gasteiger partial charge in [0.1, 0.15) is 11.5 Å². The predicted molar refractivity (Wildman–Crippen MR) is 155 cm³/mol. The molecule has 1 unspecified atom stereocenters. The number of hydrogen-bond acceptors (Lipinski definition) is 6. The van der Waals surface area contributed by atoms with Crippen LogP contribution in [0, 0.1) is 5.82 Å². The van der Waals surface area contributed by atoms with Crippen LogP contribution in [0.25, 0.3) is 10.9 Å². The number of nitrogens with zero attached hydrogens (tertiary/aromatic N) is 3. The number of anilines is 1. The molecule has 45 heavy (non-hydrogen) atoms. The van der Waals surface area contributed by atoms with E-state index in [1.54, 1.807) is 0 Å². The lowest BCUT2D eigenvalue weighted by Gasteiger charge is -2.19. The average molecular weight is 638 g/mol. The second kappa shape index (κ2) is 14.5. The van der Waals surface area contributed by atoms with Gasteiger partial charge in [-0.15, -0.1) is 0 Å². The fraction of sp³-hybridized carbons (Fsp3) is 0.345. The number of aromatic nitrogens is 2. The molecule has 242 valence electrons. The number of ether oxygens (including phenoxy) is 1. The summed E-state index contributed by atoms with van der Waals surface area (Å²) in [5, 5.41) is 14.8. The van der Waals surface area contributed by atoms with Gasteiger partial charge in [0.15, 0.2) is 6.10 Å². The van der Waals surface area contributed by atoms with Crippen LogP contribution in [-0.2, 0) is 27.3 Å². The Bertz CT molecular complexity index is 1680. The van der Waals surface area contributed by atoms with Crippen LogP contribution in [0.5, 0.6) is 0 Å². The number of hydrogen-bond donors (Lipinski definition) is 3. The number of carbonyl (C=O) groups is 4. The number of halogens is 4. The minimum atomic E-state index is -4.56. The number of alkyl halides is 3. The van der Waals surface area contributed by atoms with Crippen LogP contribution in [-0.4, -0.2) is 76.6 Å². The number of fused-ring (bicyclic) bond motifs is 1. The molecule has 2 heterocycles. The number of amides is 3. The van der Waals surface area contributed by atoms with Crippen LogP contribution in [0.2, 0.25) is 0 Å². The van der Waals surface area contributed by atoms with Gasteiger partial charge in [0.25, 0.3) is 11.5 Å². The van der Waals surface area contributed by atoms with Crippen molar-refractivity contribution in [2.75, 3.05) is 26.5 Å². The summed E-state index contributed by atoms with van der Waals surface area (Å²) in [6.45, 7) is -0.410. The van der Waals surface area contributed by atoms with Crippen molar-refractivity contribution in [2.45, 2.75) is 44.5 Å². The molecule has 0 fully saturated rings. The van der Waals surface area contributed by atoms with Gasteiger partial charge in [-0.2, -0.15) is 13.2 Å². The van der Waals surface area contributed by atoms with Gasteiger partial charge in [0.2, 0.25) is 5.91 Å². The largest absolute Gasteiger partial charge is 0.464 e. The minimum absolute atomic E-state index is 0.0260. The third-order valence-corrected chi connectivity index (χ3v) is 6.51. The third kappa shape index (κ3) is 9.17. The highest BCUT2D eigenvalue weighted by molar-refractivity contribution is 5.95. The Morgan fingerprint density at radius 2 is 1.87 bits per heavy atom. The quantitative estimate of drug-likeness (QED) is 0.212. The first kappa shape index (κ1) is 34.3. The average Bonchev–Trinajstić information content (AvgIpc) is 3.32. The lowest BCUT2D eigenvalue weighted by Crippen LogP contribution is -2.37. The number of nitrogens with one attached hydrogen (secondary N) is 2. The molecule has 12 nitrogen and oxygen atoms in total. The van der Waals surface area contributed by atoms with Crippen LogP contribution < -0.4 is 16.2 Å². The Labute approximate surface area is 253 Å². The number of rotatable bonds is 11. The Morgan fingerprint density at radius 3 is 2.49 bits per heavy atom. The van der Waals surface area contributed by atoms with Crippen molar-refractivity contribution in [3.05, 3.63) is 76.1 Å². The van der Waals surface area contributed by atoms with Crippen LogP contribution in [0.3, 0.4) is 0 Å². The molecule has 3 N–H and O–H groups in total. The number of benzene rings is 1. The number of carbonyl (C=O) groups excluding carboxylic acids is 3. The summed E-state index contributed by atoms with van der Waals surface area (Å²) < 4.78 is 60.0. The summed E-state index contributed by atoms with van der Waals surface area (Å²) in [5.41, 5.74) is -1.40. The maximum absolute atomic E-state index is 14.3. The highest BCUT2D eigenvalue weighted by Gasteiger charge is 2.28. The molecule has 0 aliphatic carbocycles. The van der Waals surface area contributed by atoms with E-state index in [0.717, 1.165) is 21.6 Å². The first-order valence-corrected chi connectivity index (χ1v) is 13.5. The van der Waals surface area contributed by atoms with E-state index >= 15 is 0 Å². The van der Waals surface area contributed by atoms with E-state index in [4.69, 9.17) is 4.74 Å². The molecule has 3 amide bonds. The standard InChI is InChI=1S/C29H31F4N5O7/c1-34-23(39)9-5-4-8-22(45-28(44)36(2)3)25(40)35-21-7-6-12-37(26(21)41)16-20-15-18-14-19(30)13-17(10-11-29(31,32)33)24(18)38(20)27(42)43/h5-7,9,12-15,22H,4,8,10-11,16H2,1-3H3,(H,34,39)(H,35,40)(H,42,43). The first-order valence-electron chi connectivity index (χ1n) is 13.5. The zero-order valence-corrected chi connectivity index (χ0v) is 24.5. The molecular weight excluding hydrogens is 606 g/mol. The molecule has 0 saturated carbocycles. The topological polar surface area (TPSA) is 152 Å². The summed E-state index contributed by atoms with van der Waals surface area (Å²) in [4.78, 5) is 63.3. The molecule has 3 aromatic rings. The van der Waals surface area contributed by atoms with E-state index in [9.17, 15) is 46.6 Å². The van der Waals surface area contributed by atoms with Gasteiger partial charge in [-0.3, -0.25) is 14.4 Å². The fourth-order valence-electron chi connectivity index (χ4n) is 4.39. The van der Waals surface area contributed by atoms with Gasteiger partial charge in [0, 0.05) is 39.1 Å². The summed E-state index contributed by atoms with van der Waals surface area (Å²) >= 11 is 0. The Balaban J connectivity index is 1.92. The molecule has 1 atom stereocenters. The molecule has 0 aliphatic rings. The minimum Gasteiger partial charge on any atom is -0.464 e. The molecule has 3 rings (SSSR count). The zero-order chi connectivity index (χ0) is 33.5. The predicted octanol–water partition coefficient (Wildman–Crippen LogP) is 4.10. The second-order valence-corrected chi connectivity index (χ2v) is 10.1. The Hall–Kier alpha value is -5.15. The van der Waals surface area contributed by atoms with Gasteiger partial charge >= 0.3 is 18.4 Å². The number of likely N-dealkylation sites (N-methyl/N-ethyl adjacent to an activating group) is 1. The molecular formula is C29H31F4N5O7. The molecule has 16 heteroatoms. The van der Waals surface area contributed by atoms with E-state index < -0.39 is 61.1 Å². The second-order valence-electron chi connectivity index (χ2n) is 10.1. The molecule has 0 bridgehead atoms. The maximum atomic E-state index is 14.3. The Morgan fingerprint density at radius 1 is 1.16 bits per heavy atom. The van der Waals surface area contributed by atoms with Crippen molar-refractivity contribution in [1.29, 1.82) is 0 Å². The molecule has 0 aliphatic heterocycles. The number of allylic oxidation sites excluding steroid dienone is 1. The van der Waals surface area contributed by atoms with Crippen LogP contribution >= 0.6 is 0 Å². The molecule has 2 aromatic heterocycles. The maximum Gasteiger partial charge on any atom is 0.416 e. The highest BCUT2D eigenvalue weighted by atomic mass is 19.4. The van der Waals surface area contributed by atoms with Gasteiger partial charge in [-0.25, -0.2) is 18.5 Å². The van der Waals surface area contributed by atoms with Crippen molar-refractivity contribution < 1.29 is 46.6 Å². The fourth-order valence-corrected chi connectivity index (χ4v) is 4.39. The van der Waals surface area contributed by atoms with E-state index in [-0.39, 0.29) is 46.6 Å². The first-order chi connectivity index (χ1) is 21.1. The van der Waals surface area contributed by atoms with Crippen molar-refractivity contribution in [3.8, 4) is 0 Å². The SMILES string of the molecule is CNC(=O)C=CCCC(OC(=O)N(C)C)C(=O)Nc1cccn(Cc2cc3cc(F)cc(CCC(F)(F)F)c3n2C(=O)O)c1=O. The molecule has 0 radical (unpaired) electrons. The van der Waals surface area contributed by atoms with Gasteiger partial charge in [-0.1, -0.05) is 6.08 Å². The lowest BCUT2D eigenvalue weighted by molar-refractivity contribution is -0.134. The zero-order valence-electron chi connectivity index (χ0n) is 24.5. The molecule has 0 spiro atoms. The van der Waals surface area contributed by atoms with Crippen molar-refractivity contribution in [3.63, 3.8) is 0 Å². The summed E-state index contributed by atoms with van der Waals surface area (Å²) in [6.07, 6.45) is -6.16. The third-order valence-electron chi connectivity index (χ3n) is 6.51. The van der Waals surface area contributed by atoms with Crippen molar-refractivity contribution >= 4 is 40.6 Å². The van der Waals surface area contributed by atoms with Crippen molar-refractivity contribution in [1.82, 2.24) is 19.4 Å². The molecule has 0 saturated heterocycles. The molecule has 1 aromatic carbocycles. The normalized spacial score (nSPS) is 12.2. The van der Waals surface area contributed by atoms with E-state index in [2.05, 4.69) is 10.6 Å². The van der Waals surface area contributed by atoms with Crippen LogP contribution in [0.1, 0.15) is 30.5 Å². The number of aryl methyl sites for hydroxylation is 1. The van der Waals surface area contributed by atoms with E-state index in [1.165, 1.54) is 57.7 Å². The summed E-state index contributed by atoms with van der Waals surface area (Å²) in [7, 11) is 4.25. The van der Waals surface area contributed by atoms with E-state index in [1.807, 2.05) is 0 Å². The van der Waals surface area contributed by atoms with Crippen LogP contribution in [0.4, 0.5) is 32.8 Å².